The Balaban J connectivity index is 1.73. The third kappa shape index (κ3) is 5.54. The minimum Gasteiger partial charge on any atom is -0.496 e. The highest BCUT2D eigenvalue weighted by atomic mass is 35.5. The minimum absolute atomic E-state index is 0.221. The standard InChI is InChI=1S/C29H30ClF2N3O2/c1-18(36)22-13-8-19(14-26(22)37-4)29(2,3)27-16-34-28(35(27)21-11-9-20(31)10-12-21)17-33-15-23-24(30)6-5-7-25(23)32/h5-14,16,18,33,36H,15,17H2,1-4H3. The molecule has 2 N–H and O–H groups in total. The molecule has 0 bridgehead atoms. The van der Waals surface area contributed by atoms with Crippen molar-refractivity contribution in [2.45, 2.75) is 45.4 Å². The molecule has 0 fully saturated rings. The summed E-state index contributed by atoms with van der Waals surface area (Å²) < 4.78 is 35.5. The molecule has 0 spiro atoms. The van der Waals surface area contributed by atoms with E-state index in [2.05, 4.69) is 24.1 Å². The minimum atomic E-state index is -0.669. The Kier molecular flexibility index (Phi) is 7.97. The van der Waals surface area contributed by atoms with Crippen LogP contribution in [0.3, 0.4) is 0 Å². The van der Waals surface area contributed by atoms with E-state index in [0.29, 0.717) is 34.3 Å². The van der Waals surface area contributed by atoms with E-state index in [1.165, 1.54) is 18.2 Å². The predicted molar refractivity (Wildman–Crippen MR) is 141 cm³/mol. The Morgan fingerprint density at radius 1 is 1.08 bits per heavy atom. The van der Waals surface area contributed by atoms with Crippen molar-refractivity contribution in [1.82, 2.24) is 14.9 Å². The number of nitrogens with zero attached hydrogens (tertiary/aromatic N) is 2. The molecule has 5 nitrogen and oxygen atoms in total. The van der Waals surface area contributed by atoms with E-state index in [9.17, 15) is 13.9 Å². The summed E-state index contributed by atoms with van der Waals surface area (Å²) in [4.78, 5) is 4.68. The third-order valence-corrected chi connectivity index (χ3v) is 6.97. The van der Waals surface area contributed by atoms with Crippen LogP contribution >= 0.6 is 11.6 Å². The van der Waals surface area contributed by atoms with Crippen LogP contribution in [0.25, 0.3) is 5.69 Å². The highest BCUT2D eigenvalue weighted by Gasteiger charge is 2.30. The SMILES string of the molecule is COc1cc(C(C)(C)c2cnc(CNCc3c(F)cccc3Cl)n2-c2ccc(F)cc2)ccc1C(C)O. The number of benzene rings is 3. The lowest BCUT2D eigenvalue weighted by molar-refractivity contribution is 0.194. The van der Waals surface area contributed by atoms with Crippen LogP contribution in [-0.4, -0.2) is 21.8 Å². The number of hydrogen-bond acceptors (Lipinski definition) is 4. The quantitative estimate of drug-likeness (QED) is 0.262. The van der Waals surface area contributed by atoms with Gasteiger partial charge < -0.3 is 15.2 Å². The second-order valence-electron chi connectivity index (χ2n) is 9.43. The van der Waals surface area contributed by atoms with E-state index in [1.807, 2.05) is 22.8 Å². The molecule has 4 rings (SSSR count). The molecule has 1 unspecified atom stereocenters. The Labute approximate surface area is 220 Å². The highest BCUT2D eigenvalue weighted by molar-refractivity contribution is 6.31. The maximum absolute atomic E-state index is 14.2. The van der Waals surface area contributed by atoms with Crippen molar-refractivity contribution in [3.8, 4) is 11.4 Å². The summed E-state index contributed by atoms with van der Waals surface area (Å²) in [6.07, 6.45) is 1.13. The lowest BCUT2D eigenvalue weighted by atomic mass is 9.80. The molecule has 1 aromatic heterocycles. The monoisotopic (exact) mass is 525 g/mol. The van der Waals surface area contributed by atoms with Gasteiger partial charge in [-0.05, 0) is 55.0 Å². The van der Waals surface area contributed by atoms with Crippen LogP contribution < -0.4 is 10.1 Å². The first-order chi connectivity index (χ1) is 17.6. The fraction of sp³-hybridized carbons (Fsp3) is 0.276. The van der Waals surface area contributed by atoms with Gasteiger partial charge >= 0.3 is 0 Å². The number of imidazole rings is 1. The summed E-state index contributed by atoms with van der Waals surface area (Å²) in [5.74, 6) is 0.557. The van der Waals surface area contributed by atoms with Crippen molar-refractivity contribution >= 4 is 11.6 Å². The fourth-order valence-corrected chi connectivity index (χ4v) is 4.66. The van der Waals surface area contributed by atoms with Gasteiger partial charge in [-0.2, -0.15) is 0 Å². The summed E-state index contributed by atoms with van der Waals surface area (Å²) in [5.41, 5.74) is 3.11. The van der Waals surface area contributed by atoms with E-state index in [1.54, 1.807) is 44.5 Å². The maximum atomic E-state index is 14.2. The van der Waals surface area contributed by atoms with Gasteiger partial charge in [-0.25, -0.2) is 13.8 Å². The van der Waals surface area contributed by atoms with E-state index >= 15 is 0 Å². The number of nitrogens with one attached hydrogen (secondary N) is 1. The number of ether oxygens (including phenoxy) is 1. The molecule has 4 aromatic rings. The second-order valence-corrected chi connectivity index (χ2v) is 9.84. The van der Waals surface area contributed by atoms with Gasteiger partial charge in [0.1, 0.15) is 23.2 Å². The molecule has 1 heterocycles. The van der Waals surface area contributed by atoms with Gasteiger partial charge in [0.25, 0.3) is 0 Å². The van der Waals surface area contributed by atoms with Gasteiger partial charge in [0.15, 0.2) is 0 Å². The van der Waals surface area contributed by atoms with Crippen LogP contribution in [0.4, 0.5) is 8.78 Å². The number of aliphatic hydroxyl groups is 1. The van der Waals surface area contributed by atoms with Crippen LogP contribution in [-0.2, 0) is 18.5 Å². The average Bonchev–Trinajstić information content (AvgIpc) is 3.30. The molecule has 194 valence electrons. The lowest BCUT2D eigenvalue weighted by Gasteiger charge is -2.28. The molecule has 0 amide bonds. The molecular weight excluding hydrogens is 496 g/mol. The number of aliphatic hydroxyl groups excluding tert-OH is 1. The maximum Gasteiger partial charge on any atom is 0.129 e. The Bertz CT molecular complexity index is 1360. The number of rotatable bonds is 9. The average molecular weight is 526 g/mol. The highest BCUT2D eigenvalue weighted by Crippen LogP contribution is 2.37. The van der Waals surface area contributed by atoms with Crippen LogP contribution in [0, 0.1) is 11.6 Å². The molecular formula is C29H30ClF2N3O2. The first-order valence-electron chi connectivity index (χ1n) is 12.0. The van der Waals surface area contributed by atoms with Gasteiger partial charge in [-0.15, -0.1) is 0 Å². The number of hydrogen-bond donors (Lipinski definition) is 2. The van der Waals surface area contributed by atoms with Gasteiger partial charge in [-0.1, -0.05) is 43.6 Å². The molecule has 0 aliphatic carbocycles. The Hall–Kier alpha value is -3.26. The zero-order valence-corrected chi connectivity index (χ0v) is 22.0. The van der Waals surface area contributed by atoms with Gasteiger partial charge in [0.2, 0.25) is 0 Å². The predicted octanol–water partition coefficient (Wildman–Crippen LogP) is 6.48. The van der Waals surface area contributed by atoms with Gasteiger partial charge in [0.05, 0.1) is 25.5 Å². The molecule has 0 saturated heterocycles. The number of methoxy groups -OCH3 is 1. The van der Waals surface area contributed by atoms with Crippen LogP contribution in [0.2, 0.25) is 5.02 Å². The largest absolute Gasteiger partial charge is 0.496 e. The Morgan fingerprint density at radius 3 is 2.46 bits per heavy atom. The lowest BCUT2D eigenvalue weighted by Crippen LogP contribution is -2.25. The molecule has 0 radical (unpaired) electrons. The molecule has 0 aliphatic rings. The third-order valence-electron chi connectivity index (χ3n) is 6.61. The normalized spacial score (nSPS) is 12.5. The topological polar surface area (TPSA) is 59.3 Å². The van der Waals surface area contributed by atoms with Crippen molar-refractivity contribution < 1.29 is 18.6 Å². The summed E-state index contributed by atoms with van der Waals surface area (Å²) in [5, 5.41) is 13.7. The fourth-order valence-electron chi connectivity index (χ4n) is 4.43. The smallest absolute Gasteiger partial charge is 0.129 e. The van der Waals surface area contributed by atoms with Gasteiger partial charge in [0, 0.05) is 40.0 Å². The Morgan fingerprint density at radius 2 is 1.81 bits per heavy atom. The molecule has 8 heteroatoms. The first-order valence-corrected chi connectivity index (χ1v) is 12.3. The van der Waals surface area contributed by atoms with Crippen molar-refractivity contribution in [3.05, 3.63) is 112 Å². The first kappa shape index (κ1) is 26.8. The second kappa shape index (κ2) is 11.0. The van der Waals surface area contributed by atoms with E-state index in [0.717, 1.165) is 16.9 Å². The van der Waals surface area contributed by atoms with Crippen LogP contribution in [0.5, 0.6) is 5.75 Å². The summed E-state index contributed by atoms with van der Waals surface area (Å²) in [7, 11) is 1.58. The van der Waals surface area contributed by atoms with Crippen molar-refractivity contribution in [1.29, 1.82) is 0 Å². The molecule has 1 atom stereocenters. The van der Waals surface area contributed by atoms with E-state index in [-0.39, 0.29) is 18.2 Å². The number of aromatic nitrogens is 2. The number of halogens is 3. The molecule has 37 heavy (non-hydrogen) atoms. The molecule has 0 aliphatic heterocycles. The zero-order valence-electron chi connectivity index (χ0n) is 21.2. The van der Waals surface area contributed by atoms with Crippen LogP contribution in [0.1, 0.15) is 55.1 Å². The zero-order chi connectivity index (χ0) is 26.7. The van der Waals surface area contributed by atoms with Crippen molar-refractivity contribution in [2.24, 2.45) is 0 Å². The van der Waals surface area contributed by atoms with E-state index < -0.39 is 11.5 Å². The molecule has 0 saturated carbocycles. The summed E-state index contributed by atoms with van der Waals surface area (Å²) >= 11 is 6.18. The van der Waals surface area contributed by atoms with E-state index in [4.69, 9.17) is 16.3 Å². The summed E-state index contributed by atoms with van der Waals surface area (Å²) in [6, 6.07) is 16.5. The van der Waals surface area contributed by atoms with Crippen molar-refractivity contribution in [2.75, 3.05) is 7.11 Å². The van der Waals surface area contributed by atoms with Crippen LogP contribution in [0.15, 0.2) is 66.9 Å². The molecule has 3 aromatic carbocycles. The van der Waals surface area contributed by atoms with Gasteiger partial charge in [-0.3, -0.25) is 4.57 Å². The van der Waals surface area contributed by atoms with Crippen molar-refractivity contribution in [3.63, 3.8) is 0 Å². The summed E-state index contributed by atoms with van der Waals surface area (Å²) in [6.45, 7) is 6.37.